The molecule has 0 bridgehead atoms. The highest BCUT2D eigenvalue weighted by Gasteiger charge is 2.20. The Hall–Kier alpha value is -3.02. The predicted octanol–water partition coefficient (Wildman–Crippen LogP) is 3.18. The fraction of sp³-hybridized carbons (Fsp3) is 0.318. The van der Waals surface area contributed by atoms with Gasteiger partial charge in [-0.3, -0.25) is 4.79 Å². The minimum atomic E-state index is -3.54. The van der Waals surface area contributed by atoms with Crippen molar-refractivity contribution in [3.05, 3.63) is 58.7 Å². The third-order valence-electron chi connectivity index (χ3n) is 5.34. The molecule has 0 saturated carbocycles. The largest absolute Gasteiger partial charge is 0.328 e. The highest BCUT2D eigenvalue weighted by Crippen LogP contribution is 2.23. The molecule has 9 nitrogen and oxygen atoms in total. The highest BCUT2D eigenvalue weighted by molar-refractivity contribution is 7.89. The molecule has 0 aliphatic rings. The van der Waals surface area contributed by atoms with Gasteiger partial charge in [-0.05, 0) is 36.6 Å². The van der Waals surface area contributed by atoms with Crippen molar-refractivity contribution >= 4 is 44.1 Å². The molecule has 0 fully saturated rings. The van der Waals surface area contributed by atoms with Gasteiger partial charge in [-0.1, -0.05) is 6.07 Å². The third kappa shape index (κ3) is 4.85. The number of benzene rings is 1. The number of amides is 1. The van der Waals surface area contributed by atoms with Crippen LogP contribution in [0.25, 0.3) is 11.0 Å². The molecule has 1 amide bonds. The van der Waals surface area contributed by atoms with Crippen LogP contribution in [0.2, 0.25) is 0 Å². The van der Waals surface area contributed by atoms with E-state index in [1.165, 1.54) is 18.4 Å². The molecule has 0 atom stereocenters. The summed E-state index contributed by atoms with van der Waals surface area (Å²) in [7, 11) is -0.543. The molecule has 33 heavy (non-hydrogen) atoms. The zero-order valence-corrected chi connectivity index (χ0v) is 20.4. The quantitative estimate of drug-likeness (QED) is 0.391. The first kappa shape index (κ1) is 23.1. The molecule has 174 valence electrons. The van der Waals surface area contributed by atoms with Crippen molar-refractivity contribution in [1.29, 1.82) is 0 Å². The first-order valence-electron chi connectivity index (χ1n) is 10.6. The third-order valence-corrected chi connectivity index (χ3v) is 8.01. The molecule has 0 spiro atoms. The van der Waals surface area contributed by atoms with Gasteiger partial charge in [0.05, 0.1) is 28.7 Å². The Morgan fingerprint density at radius 3 is 2.73 bits per heavy atom. The summed E-state index contributed by atoms with van der Waals surface area (Å²) >= 11 is 1.64. The van der Waals surface area contributed by atoms with Crippen molar-refractivity contribution in [2.24, 2.45) is 0 Å². The van der Waals surface area contributed by atoms with E-state index in [0.29, 0.717) is 30.8 Å². The monoisotopic (exact) mass is 486 g/mol. The number of nitrogens with zero attached hydrogens (tertiary/aromatic N) is 5. The molecule has 0 unspecified atom stereocenters. The van der Waals surface area contributed by atoms with E-state index in [1.807, 2.05) is 29.0 Å². The molecular weight excluding hydrogens is 460 g/mol. The van der Waals surface area contributed by atoms with E-state index in [1.54, 1.807) is 46.5 Å². The summed E-state index contributed by atoms with van der Waals surface area (Å²) in [6.07, 6.45) is 2.35. The Kier molecular flexibility index (Phi) is 6.63. The normalized spacial score (nSPS) is 12.0. The van der Waals surface area contributed by atoms with Gasteiger partial charge in [0, 0.05) is 44.4 Å². The Bertz CT molecular complexity index is 1370. The summed E-state index contributed by atoms with van der Waals surface area (Å²) in [5.41, 5.74) is 1.45. The molecule has 3 heterocycles. The summed E-state index contributed by atoms with van der Waals surface area (Å²) in [6.45, 7) is 3.27. The van der Waals surface area contributed by atoms with Gasteiger partial charge < -0.3 is 9.88 Å². The lowest BCUT2D eigenvalue weighted by Gasteiger charge is -2.11. The average molecular weight is 487 g/mol. The lowest BCUT2D eigenvalue weighted by molar-refractivity contribution is -0.116. The van der Waals surface area contributed by atoms with E-state index in [-0.39, 0.29) is 17.2 Å². The zero-order chi connectivity index (χ0) is 23.6. The summed E-state index contributed by atoms with van der Waals surface area (Å²) in [5.74, 6) is 1.26. The lowest BCUT2D eigenvalue weighted by Crippen LogP contribution is -2.22. The van der Waals surface area contributed by atoms with Crippen LogP contribution in [0.1, 0.15) is 24.0 Å². The fourth-order valence-corrected chi connectivity index (χ4v) is 5.23. The molecular formula is C22H26N6O3S2. The van der Waals surface area contributed by atoms with E-state index in [2.05, 4.69) is 15.4 Å². The standard InChI is InChI=1S/C22H26N6O3S2/c1-4-27-19-8-7-17(33(30,31)26(2)3)14-18(19)24-20(27)9-10-22(29)25-21-11-12-23-28(21)15-16-6-5-13-32-16/h5-8,11-14H,4,9-10,15H2,1-3H3,(H,25,29). The minimum Gasteiger partial charge on any atom is -0.328 e. The number of anilines is 1. The number of fused-ring (bicyclic) bond motifs is 1. The Labute approximate surface area is 196 Å². The second-order valence-corrected chi connectivity index (χ2v) is 10.9. The summed E-state index contributed by atoms with van der Waals surface area (Å²) in [5, 5.41) is 9.24. The summed E-state index contributed by atoms with van der Waals surface area (Å²) < 4.78 is 29.9. The van der Waals surface area contributed by atoms with Crippen molar-refractivity contribution in [2.75, 3.05) is 19.4 Å². The van der Waals surface area contributed by atoms with E-state index >= 15 is 0 Å². The molecule has 4 aromatic rings. The van der Waals surface area contributed by atoms with Gasteiger partial charge in [-0.15, -0.1) is 11.3 Å². The molecule has 0 aliphatic heterocycles. The van der Waals surface area contributed by atoms with Crippen molar-refractivity contribution in [3.8, 4) is 0 Å². The van der Waals surface area contributed by atoms with E-state index in [4.69, 9.17) is 0 Å². The predicted molar refractivity (Wildman–Crippen MR) is 129 cm³/mol. The van der Waals surface area contributed by atoms with Gasteiger partial charge in [-0.25, -0.2) is 22.4 Å². The van der Waals surface area contributed by atoms with Crippen molar-refractivity contribution in [2.45, 2.75) is 37.8 Å². The molecule has 1 aromatic carbocycles. The van der Waals surface area contributed by atoms with Crippen molar-refractivity contribution in [3.63, 3.8) is 0 Å². The first-order valence-corrected chi connectivity index (χ1v) is 12.9. The van der Waals surface area contributed by atoms with E-state index in [9.17, 15) is 13.2 Å². The van der Waals surface area contributed by atoms with Crippen molar-refractivity contribution < 1.29 is 13.2 Å². The SMILES string of the molecule is CCn1c(CCC(=O)Nc2ccnn2Cc2cccs2)nc2cc(S(=O)(=O)N(C)C)ccc21. The van der Waals surface area contributed by atoms with Crippen LogP contribution in [-0.2, 0) is 34.3 Å². The molecule has 0 radical (unpaired) electrons. The van der Waals surface area contributed by atoms with Gasteiger partial charge in [0.25, 0.3) is 0 Å². The van der Waals surface area contributed by atoms with Gasteiger partial charge in [-0.2, -0.15) is 5.10 Å². The van der Waals surface area contributed by atoms with Crippen LogP contribution in [0.3, 0.4) is 0 Å². The van der Waals surface area contributed by atoms with Crippen LogP contribution in [0.5, 0.6) is 0 Å². The topological polar surface area (TPSA) is 102 Å². The summed E-state index contributed by atoms with van der Waals surface area (Å²) in [4.78, 5) is 18.6. The second-order valence-electron chi connectivity index (χ2n) is 7.71. The number of thiophene rings is 1. The number of nitrogens with one attached hydrogen (secondary N) is 1. The molecule has 0 aliphatic carbocycles. The second kappa shape index (κ2) is 9.46. The first-order chi connectivity index (χ1) is 15.8. The molecule has 1 N–H and O–H groups in total. The van der Waals surface area contributed by atoms with Crippen LogP contribution in [-0.4, -0.2) is 52.1 Å². The molecule has 0 saturated heterocycles. The highest BCUT2D eigenvalue weighted by atomic mass is 32.2. The molecule has 11 heteroatoms. The maximum atomic E-state index is 12.6. The number of carbonyl (C=O) groups is 1. The summed E-state index contributed by atoms with van der Waals surface area (Å²) in [6, 6.07) is 10.7. The van der Waals surface area contributed by atoms with Crippen LogP contribution >= 0.6 is 11.3 Å². The van der Waals surface area contributed by atoms with Gasteiger partial charge in [0.2, 0.25) is 15.9 Å². The van der Waals surface area contributed by atoms with E-state index < -0.39 is 10.0 Å². The van der Waals surface area contributed by atoms with Gasteiger partial charge >= 0.3 is 0 Å². The number of carbonyl (C=O) groups excluding carboxylic acids is 1. The number of rotatable bonds is 9. The van der Waals surface area contributed by atoms with Crippen LogP contribution in [0, 0.1) is 0 Å². The maximum absolute atomic E-state index is 12.6. The number of hydrogen-bond acceptors (Lipinski definition) is 6. The lowest BCUT2D eigenvalue weighted by atomic mass is 10.2. The Balaban J connectivity index is 1.48. The number of aromatic nitrogens is 4. The fourth-order valence-electron chi connectivity index (χ4n) is 3.62. The van der Waals surface area contributed by atoms with Crippen LogP contribution in [0.4, 0.5) is 5.82 Å². The molecule has 4 rings (SSSR count). The average Bonchev–Trinajstić information content (AvgIpc) is 3.52. The number of aryl methyl sites for hydroxylation is 2. The Morgan fingerprint density at radius 1 is 1.21 bits per heavy atom. The number of imidazole rings is 1. The van der Waals surface area contributed by atoms with Crippen LogP contribution < -0.4 is 5.32 Å². The van der Waals surface area contributed by atoms with Gasteiger partial charge in [0.1, 0.15) is 11.6 Å². The number of sulfonamides is 1. The molecule has 3 aromatic heterocycles. The zero-order valence-electron chi connectivity index (χ0n) is 18.7. The van der Waals surface area contributed by atoms with E-state index in [0.717, 1.165) is 16.2 Å². The smallest absolute Gasteiger partial charge is 0.242 e. The Morgan fingerprint density at radius 2 is 2.03 bits per heavy atom. The number of hydrogen-bond donors (Lipinski definition) is 1. The van der Waals surface area contributed by atoms with Crippen molar-refractivity contribution in [1.82, 2.24) is 23.6 Å². The maximum Gasteiger partial charge on any atom is 0.242 e. The minimum absolute atomic E-state index is 0.131. The van der Waals surface area contributed by atoms with Crippen LogP contribution in [0.15, 0.2) is 52.9 Å². The van der Waals surface area contributed by atoms with Gasteiger partial charge in [0.15, 0.2) is 0 Å².